The van der Waals surface area contributed by atoms with Gasteiger partial charge in [0, 0.05) is 31.2 Å². The van der Waals surface area contributed by atoms with Crippen LogP contribution < -0.4 is 5.73 Å². The number of rotatable bonds is 5. The Hall–Kier alpha value is -1.00. The molecule has 2 nitrogen and oxygen atoms in total. The van der Waals surface area contributed by atoms with Crippen molar-refractivity contribution in [1.82, 2.24) is 4.90 Å². The third-order valence-electron chi connectivity index (χ3n) is 3.64. The number of halogens is 2. The summed E-state index contributed by atoms with van der Waals surface area (Å²) in [7, 11) is 0. The van der Waals surface area contributed by atoms with E-state index in [9.17, 15) is 8.78 Å². The summed E-state index contributed by atoms with van der Waals surface area (Å²) in [6.45, 7) is 1.74. The van der Waals surface area contributed by atoms with Gasteiger partial charge in [0.05, 0.1) is 0 Å². The fourth-order valence-corrected chi connectivity index (χ4v) is 2.71. The molecule has 1 saturated carbocycles. The minimum atomic E-state index is -0.384. The van der Waals surface area contributed by atoms with E-state index in [1.807, 2.05) is 0 Å². The van der Waals surface area contributed by atoms with Crippen molar-refractivity contribution in [3.8, 4) is 0 Å². The fourth-order valence-electron chi connectivity index (χ4n) is 2.71. The third-order valence-corrected chi connectivity index (χ3v) is 3.64. The van der Waals surface area contributed by atoms with E-state index < -0.39 is 0 Å². The Morgan fingerprint density at radius 2 is 1.94 bits per heavy atom. The molecule has 0 radical (unpaired) electrons. The molecule has 0 saturated heterocycles. The molecule has 100 valence electrons. The van der Waals surface area contributed by atoms with Gasteiger partial charge in [0.1, 0.15) is 11.6 Å². The second-order valence-corrected chi connectivity index (χ2v) is 4.93. The first-order chi connectivity index (χ1) is 8.70. The molecule has 0 aliphatic heterocycles. The monoisotopic (exact) mass is 254 g/mol. The van der Waals surface area contributed by atoms with Crippen LogP contribution in [-0.2, 0) is 6.54 Å². The number of benzene rings is 1. The first-order valence-corrected chi connectivity index (χ1v) is 6.58. The van der Waals surface area contributed by atoms with Crippen molar-refractivity contribution in [2.75, 3.05) is 13.1 Å². The first-order valence-electron chi connectivity index (χ1n) is 6.58. The highest BCUT2D eigenvalue weighted by atomic mass is 19.1. The van der Waals surface area contributed by atoms with Crippen molar-refractivity contribution < 1.29 is 8.78 Å². The number of nitrogens with two attached hydrogens (primary N) is 1. The van der Waals surface area contributed by atoms with Crippen molar-refractivity contribution in [2.45, 2.75) is 38.3 Å². The van der Waals surface area contributed by atoms with Crippen LogP contribution >= 0.6 is 0 Å². The van der Waals surface area contributed by atoms with Crippen LogP contribution in [0.5, 0.6) is 0 Å². The second kappa shape index (κ2) is 6.25. The van der Waals surface area contributed by atoms with Crippen molar-refractivity contribution in [2.24, 2.45) is 5.73 Å². The van der Waals surface area contributed by atoms with Gasteiger partial charge in [-0.25, -0.2) is 8.78 Å². The topological polar surface area (TPSA) is 29.3 Å². The van der Waals surface area contributed by atoms with Crippen LogP contribution in [0.3, 0.4) is 0 Å². The van der Waals surface area contributed by atoms with Crippen LogP contribution in [0.4, 0.5) is 8.78 Å². The lowest BCUT2D eigenvalue weighted by molar-refractivity contribution is 0.192. The lowest BCUT2D eigenvalue weighted by Gasteiger charge is -2.28. The van der Waals surface area contributed by atoms with Crippen molar-refractivity contribution in [3.05, 3.63) is 35.4 Å². The molecular formula is C14H20F2N2. The van der Waals surface area contributed by atoms with Crippen LogP contribution in [-0.4, -0.2) is 24.0 Å². The van der Waals surface area contributed by atoms with E-state index in [-0.39, 0.29) is 11.6 Å². The van der Waals surface area contributed by atoms with Crippen molar-refractivity contribution in [1.29, 1.82) is 0 Å². The summed E-state index contributed by atoms with van der Waals surface area (Å²) in [5, 5.41) is 0. The molecule has 18 heavy (non-hydrogen) atoms. The molecule has 4 heteroatoms. The van der Waals surface area contributed by atoms with Gasteiger partial charge in [-0.2, -0.15) is 0 Å². The van der Waals surface area contributed by atoms with Gasteiger partial charge in [0.25, 0.3) is 0 Å². The molecular weight excluding hydrogens is 234 g/mol. The van der Waals surface area contributed by atoms with E-state index in [2.05, 4.69) is 4.90 Å². The minimum Gasteiger partial charge on any atom is -0.329 e. The average Bonchev–Trinajstić information content (AvgIpc) is 2.87. The molecule has 1 aromatic rings. The van der Waals surface area contributed by atoms with Gasteiger partial charge in [-0.1, -0.05) is 12.8 Å². The Kier molecular flexibility index (Phi) is 4.66. The molecule has 1 aliphatic carbocycles. The molecule has 0 heterocycles. The van der Waals surface area contributed by atoms with Gasteiger partial charge >= 0.3 is 0 Å². The Morgan fingerprint density at radius 3 is 2.61 bits per heavy atom. The maximum atomic E-state index is 13.6. The van der Waals surface area contributed by atoms with Crippen LogP contribution in [0.2, 0.25) is 0 Å². The average molecular weight is 254 g/mol. The minimum absolute atomic E-state index is 0.337. The Morgan fingerprint density at radius 1 is 1.22 bits per heavy atom. The molecule has 2 rings (SSSR count). The lowest BCUT2D eigenvalue weighted by atomic mass is 10.1. The molecule has 1 fully saturated rings. The zero-order valence-corrected chi connectivity index (χ0v) is 10.5. The third kappa shape index (κ3) is 3.27. The van der Waals surface area contributed by atoms with E-state index in [4.69, 9.17) is 5.73 Å². The van der Waals surface area contributed by atoms with Crippen LogP contribution in [0.15, 0.2) is 18.2 Å². The predicted molar refractivity (Wildman–Crippen MR) is 68.1 cm³/mol. The predicted octanol–water partition coefficient (Wildman–Crippen LogP) is 2.67. The van der Waals surface area contributed by atoms with Crippen LogP contribution in [0, 0.1) is 11.6 Å². The smallest absolute Gasteiger partial charge is 0.127 e. The zero-order valence-electron chi connectivity index (χ0n) is 10.5. The van der Waals surface area contributed by atoms with E-state index in [0.717, 1.165) is 25.5 Å². The van der Waals surface area contributed by atoms with Gasteiger partial charge < -0.3 is 5.73 Å². The summed E-state index contributed by atoms with van der Waals surface area (Å²) < 4.78 is 26.8. The number of hydrogen-bond acceptors (Lipinski definition) is 2. The number of nitrogens with zero attached hydrogens (tertiary/aromatic N) is 1. The second-order valence-electron chi connectivity index (χ2n) is 4.93. The lowest BCUT2D eigenvalue weighted by Crippen LogP contribution is -2.37. The molecule has 0 amide bonds. The van der Waals surface area contributed by atoms with E-state index in [1.165, 1.54) is 25.0 Å². The molecule has 0 unspecified atom stereocenters. The van der Waals surface area contributed by atoms with E-state index in [0.29, 0.717) is 24.7 Å². The molecule has 2 N–H and O–H groups in total. The molecule has 0 spiro atoms. The summed E-state index contributed by atoms with van der Waals surface area (Å²) in [6.07, 6.45) is 4.71. The summed E-state index contributed by atoms with van der Waals surface area (Å²) in [4.78, 5) is 2.19. The Bertz CT molecular complexity index is 389. The highest BCUT2D eigenvalue weighted by Crippen LogP contribution is 2.25. The number of hydrogen-bond donors (Lipinski definition) is 1. The van der Waals surface area contributed by atoms with Gasteiger partial charge in [-0.3, -0.25) is 4.90 Å². The van der Waals surface area contributed by atoms with E-state index in [1.54, 1.807) is 0 Å². The molecule has 0 bridgehead atoms. The quantitative estimate of drug-likeness (QED) is 0.875. The first kappa shape index (κ1) is 13.4. The van der Waals surface area contributed by atoms with Crippen LogP contribution in [0.1, 0.15) is 31.2 Å². The standard InChI is InChI=1S/C14H20F2N2/c15-12-5-6-14(16)11(9-12)10-18(8-7-17)13-3-1-2-4-13/h5-6,9,13H,1-4,7-8,10,17H2. The van der Waals surface area contributed by atoms with E-state index >= 15 is 0 Å². The van der Waals surface area contributed by atoms with Gasteiger partial charge in [0.15, 0.2) is 0 Å². The SMILES string of the molecule is NCCN(Cc1cc(F)ccc1F)C1CCCC1. The highest BCUT2D eigenvalue weighted by Gasteiger charge is 2.22. The zero-order chi connectivity index (χ0) is 13.0. The van der Waals surface area contributed by atoms with Crippen molar-refractivity contribution in [3.63, 3.8) is 0 Å². The van der Waals surface area contributed by atoms with Crippen LogP contribution in [0.25, 0.3) is 0 Å². The largest absolute Gasteiger partial charge is 0.329 e. The molecule has 1 aromatic carbocycles. The van der Waals surface area contributed by atoms with Gasteiger partial charge in [0.2, 0.25) is 0 Å². The summed E-state index contributed by atoms with van der Waals surface area (Å²) in [6, 6.07) is 4.10. The fraction of sp³-hybridized carbons (Fsp3) is 0.571. The Balaban J connectivity index is 2.09. The Labute approximate surface area is 107 Å². The maximum Gasteiger partial charge on any atom is 0.127 e. The summed E-state index contributed by atoms with van der Waals surface area (Å²) >= 11 is 0. The normalized spacial score (nSPS) is 16.7. The van der Waals surface area contributed by atoms with Crippen molar-refractivity contribution >= 4 is 0 Å². The molecule has 1 aliphatic rings. The highest BCUT2D eigenvalue weighted by molar-refractivity contribution is 5.18. The van der Waals surface area contributed by atoms with Gasteiger partial charge in [-0.05, 0) is 31.0 Å². The summed E-state index contributed by atoms with van der Waals surface area (Å²) in [5.74, 6) is -0.720. The summed E-state index contributed by atoms with van der Waals surface area (Å²) in [5.41, 5.74) is 6.04. The molecule has 0 atom stereocenters. The van der Waals surface area contributed by atoms with Gasteiger partial charge in [-0.15, -0.1) is 0 Å². The molecule has 0 aromatic heterocycles. The maximum absolute atomic E-state index is 13.6.